The van der Waals surface area contributed by atoms with Gasteiger partial charge in [-0.1, -0.05) is 19.1 Å². The molecule has 1 aromatic rings. The van der Waals surface area contributed by atoms with Gasteiger partial charge in [0.05, 0.1) is 12.6 Å². The summed E-state index contributed by atoms with van der Waals surface area (Å²) in [6.45, 7) is 4.92. The first-order valence-corrected chi connectivity index (χ1v) is 5.24. The van der Waals surface area contributed by atoms with E-state index >= 15 is 0 Å². The van der Waals surface area contributed by atoms with Crippen molar-refractivity contribution in [3.05, 3.63) is 35.1 Å². The Balaban J connectivity index is 2.61. The van der Waals surface area contributed by atoms with E-state index < -0.39 is 0 Å². The molecule has 0 bridgehead atoms. The Labute approximate surface area is 90.2 Å². The van der Waals surface area contributed by atoms with Crippen molar-refractivity contribution in [2.45, 2.75) is 26.3 Å². The molecule has 0 radical (unpaired) electrons. The molecule has 0 aliphatic rings. The van der Waals surface area contributed by atoms with Crippen molar-refractivity contribution in [3.63, 3.8) is 0 Å². The fraction of sp³-hybridized carbons (Fsp3) is 0.500. The molecule has 84 valence electrons. The summed E-state index contributed by atoms with van der Waals surface area (Å²) in [5.74, 6) is -0.248. The zero-order valence-electron chi connectivity index (χ0n) is 9.29. The molecule has 2 nitrogen and oxygen atoms in total. The number of rotatable bonds is 5. The molecule has 15 heavy (non-hydrogen) atoms. The van der Waals surface area contributed by atoms with Gasteiger partial charge in [0.15, 0.2) is 0 Å². The van der Waals surface area contributed by atoms with Crippen LogP contribution in [0.2, 0.25) is 0 Å². The van der Waals surface area contributed by atoms with Crippen LogP contribution >= 0.6 is 0 Å². The van der Waals surface area contributed by atoms with Gasteiger partial charge in [0.2, 0.25) is 0 Å². The number of hydrogen-bond acceptors (Lipinski definition) is 2. The van der Waals surface area contributed by atoms with Crippen LogP contribution in [0.15, 0.2) is 18.2 Å². The number of benzene rings is 1. The highest BCUT2D eigenvalue weighted by Gasteiger charge is 2.11. The molecule has 0 aliphatic heterocycles. The molecule has 0 aliphatic carbocycles. The van der Waals surface area contributed by atoms with E-state index in [2.05, 4.69) is 0 Å². The molecule has 1 atom stereocenters. The first kappa shape index (κ1) is 12.1. The van der Waals surface area contributed by atoms with Crippen LogP contribution in [0, 0.1) is 12.7 Å². The topological polar surface area (TPSA) is 35.2 Å². The lowest BCUT2D eigenvalue weighted by atomic mass is 10.1. The van der Waals surface area contributed by atoms with E-state index in [4.69, 9.17) is 10.5 Å². The molecule has 3 heteroatoms. The van der Waals surface area contributed by atoms with Crippen molar-refractivity contribution in [2.75, 3.05) is 13.2 Å². The van der Waals surface area contributed by atoms with Crippen molar-refractivity contribution in [2.24, 2.45) is 5.73 Å². The number of hydrogen-bond donors (Lipinski definition) is 1. The van der Waals surface area contributed by atoms with Gasteiger partial charge in [0.25, 0.3) is 0 Å². The summed E-state index contributed by atoms with van der Waals surface area (Å²) in [6, 6.07) is 4.70. The number of nitrogens with two attached hydrogens (primary N) is 1. The van der Waals surface area contributed by atoms with Crippen molar-refractivity contribution in [1.82, 2.24) is 0 Å². The van der Waals surface area contributed by atoms with Gasteiger partial charge in [-0.3, -0.25) is 0 Å². The second kappa shape index (κ2) is 5.83. The van der Waals surface area contributed by atoms with E-state index in [1.54, 1.807) is 6.07 Å². The minimum Gasteiger partial charge on any atom is -0.379 e. The van der Waals surface area contributed by atoms with Gasteiger partial charge in [-0.15, -0.1) is 0 Å². The Bertz CT molecular complexity index is 314. The van der Waals surface area contributed by atoms with Gasteiger partial charge >= 0.3 is 0 Å². The third-order valence-corrected chi connectivity index (χ3v) is 2.20. The van der Waals surface area contributed by atoms with Gasteiger partial charge in [0, 0.05) is 12.2 Å². The summed E-state index contributed by atoms with van der Waals surface area (Å²) < 4.78 is 18.8. The summed E-state index contributed by atoms with van der Waals surface area (Å²) in [5, 5.41) is 0. The molecule has 1 rings (SSSR count). The number of aryl methyl sites for hydroxylation is 1. The normalized spacial score (nSPS) is 12.8. The van der Waals surface area contributed by atoms with Crippen LogP contribution in [0.1, 0.15) is 30.5 Å². The highest BCUT2D eigenvalue weighted by molar-refractivity contribution is 5.25. The maximum atomic E-state index is 13.5. The molecule has 1 unspecified atom stereocenters. The molecular formula is C12H18FNO. The van der Waals surface area contributed by atoms with E-state index in [1.807, 2.05) is 19.9 Å². The standard InChI is InChI=1S/C12H18FNO/c1-3-6-15-8-12(14)10-5-4-9(2)7-11(10)13/h4-5,7,12H,3,6,8,14H2,1-2H3. The smallest absolute Gasteiger partial charge is 0.128 e. The van der Waals surface area contributed by atoms with Gasteiger partial charge in [0.1, 0.15) is 5.82 Å². The predicted octanol–water partition coefficient (Wildman–Crippen LogP) is 2.56. The quantitative estimate of drug-likeness (QED) is 0.760. The van der Waals surface area contributed by atoms with Crippen LogP contribution < -0.4 is 5.73 Å². The third kappa shape index (κ3) is 3.61. The highest BCUT2D eigenvalue weighted by Crippen LogP contribution is 2.16. The minimum atomic E-state index is -0.378. The van der Waals surface area contributed by atoms with Crippen LogP contribution in [-0.4, -0.2) is 13.2 Å². The van der Waals surface area contributed by atoms with Crippen LogP contribution in [-0.2, 0) is 4.74 Å². The molecule has 2 N–H and O–H groups in total. The fourth-order valence-electron chi connectivity index (χ4n) is 1.38. The summed E-state index contributed by atoms with van der Waals surface area (Å²) >= 11 is 0. The lowest BCUT2D eigenvalue weighted by molar-refractivity contribution is 0.121. The number of halogens is 1. The van der Waals surface area contributed by atoms with Crippen LogP contribution in [0.25, 0.3) is 0 Å². The second-order valence-electron chi connectivity index (χ2n) is 3.71. The van der Waals surface area contributed by atoms with Crippen molar-refractivity contribution in [3.8, 4) is 0 Å². The summed E-state index contributed by atoms with van der Waals surface area (Å²) in [6.07, 6.45) is 0.948. The predicted molar refractivity (Wildman–Crippen MR) is 59.2 cm³/mol. The Morgan fingerprint density at radius 3 is 2.80 bits per heavy atom. The molecule has 0 fully saturated rings. The largest absolute Gasteiger partial charge is 0.379 e. The third-order valence-electron chi connectivity index (χ3n) is 2.20. The Morgan fingerprint density at radius 1 is 1.47 bits per heavy atom. The van der Waals surface area contributed by atoms with Crippen molar-refractivity contribution >= 4 is 0 Å². The van der Waals surface area contributed by atoms with Crippen LogP contribution in [0.5, 0.6) is 0 Å². The van der Waals surface area contributed by atoms with Crippen molar-refractivity contribution < 1.29 is 9.13 Å². The van der Waals surface area contributed by atoms with Gasteiger partial charge < -0.3 is 10.5 Å². The summed E-state index contributed by atoms with van der Waals surface area (Å²) in [7, 11) is 0. The Morgan fingerprint density at radius 2 is 2.20 bits per heavy atom. The first-order valence-electron chi connectivity index (χ1n) is 5.24. The van der Waals surface area contributed by atoms with Gasteiger partial charge in [-0.05, 0) is 25.0 Å². The maximum absolute atomic E-state index is 13.5. The van der Waals surface area contributed by atoms with Crippen molar-refractivity contribution in [1.29, 1.82) is 0 Å². The average molecular weight is 211 g/mol. The summed E-state index contributed by atoms with van der Waals surface area (Å²) in [5.41, 5.74) is 7.25. The van der Waals surface area contributed by atoms with E-state index in [1.165, 1.54) is 6.07 Å². The lowest BCUT2D eigenvalue weighted by Gasteiger charge is -2.13. The molecule has 0 heterocycles. The van der Waals surface area contributed by atoms with Gasteiger partial charge in [-0.2, -0.15) is 0 Å². The van der Waals surface area contributed by atoms with E-state index in [9.17, 15) is 4.39 Å². The maximum Gasteiger partial charge on any atom is 0.128 e. The lowest BCUT2D eigenvalue weighted by Crippen LogP contribution is -2.18. The van der Waals surface area contributed by atoms with Crippen LogP contribution in [0.3, 0.4) is 0 Å². The Kier molecular flexibility index (Phi) is 4.72. The minimum absolute atomic E-state index is 0.248. The van der Waals surface area contributed by atoms with E-state index in [0.29, 0.717) is 18.8 Å². The van der Waals surface area contributed by atoms with E-state index in [-0.39, 0.29) is 11.9 Å². The zero-order chi connectivity index (χ0) is 11.3. The number of ether oxygens (including phenoxy) is 1. The second-order valence-corrected chi connectivity index (χ2v) is 3.71. The zero-order valence-corrected chi connectivity index (χ0v) is 9.29. The van der Waals surface area contributed by atoms with Gasteiger partial charge in [-0.25, -0.2) is 4.39 Å². The molecule has 1 aromatic carbocycles. The average Bonchev–Trinajstić information content (AvgIpc) is 2.17. The monoisotopic (exact) mass is 211 g/mol. The molecular weight excluding hydrogens is 193 g/mol. The molecule has 0 saturated heterocycles. The molecule has 0 amide bonds. The SMILES string of the molecule is CCCOCC(N)c1ccc(C)cc1F. The first-order chi connectivity index (χ1) is 7.15. The van der Waals surface area contributed by atoms with Crippen LogP contribution in [0.4, 0.5) is 4.39 Å². The summed E-state index contributed by atoms with van der Waals surface area (Å²) in [4.78, 5) is 0. The van der Waals surface area contributed by atoms with E-state index in [0.717, 1.165) is 12.0 Å². The Hall–Kier alpha value is -0.930. The fourth-order valence-corrected chi connectivity index (χ4v) is 1.38. The highest BCUT2D eigenvalue weighted by atomic mass is 19.1. The molecule has 0 saturated carbocycles. The molecule has 0 aromatic heterocycles. The molecule has 0 spiro atoms.